The van der Waals surface area contributed by atoms with E-state index in [1.165, 1.54) is 0 Å². The first-order valence-electron chi connectivity index (χ1n) is 9.67. The minimum atomic E-state index is 0.0106. The van der Waals surface area contributed by atoms with Crippen LogP contribution in [-0.4, -0.2) is 55.2 Å². The summed E-state index contributed by atoms with van der Waals surface area (Å²) in [6, 6.07) is 17.0. The molecule has 1 saturated heterocycles. The molecule has 0 saturated carbocycles. The molecule has 28 heavy (non-hydrogen) atoms. The molecule has 0 unspecified atom stereocenters. The summed E-state index contributed by atoms with van der Waals surface area (Å²) >= 11 is 0. The van der Waals surface area contributed by atoms with Crippen LogP contribution in [0.25, 0.3) is 0 Å². The molecule has 0 amide bonds. The van der Waals surface area contributed by atoms with Gasteiger partial charge < -0.3 is 14.0 Å². The van der Waals surface area contributed by atoms with Crippen molar-refractivity contribution >= 4 is 5.78 Å². The van der Waals surface area contributed by atoms with Gasteiger partial charge in [0.1, 0.15) is 5.75 Å². The molecule has 0 aliphatic carbocycles. The first-order valence-corrected chi connectivity index (χ1v) is 9.67. The van der Waals surface area contributed by atoms with E-state index in [0.717, 1.165) is 50.8 Å². The normalized spacial score (nSPS) is 14.4. The van der Waals surface area contributed by atoms with Crippen molar-refractivity contribution in [3.63, 3.8) is 0 Å². The molecular weight excluding hydrogens is 352 g/mol. The Balaban J connectivity index is 1.90. The molecular formula is C23H28N2O3. The molecule has 0 atom stereocenters. The number of nitrogens with zero attached hydrogens (tertiary/aromatic N) is 2. The Hall–Kier alpha value is -2.63. The molecule has 1 fully saturated rings. The smallest absolute Gasteiger partial charge is 0.194 e. The van der Waals surface area contributed by atoms with Gasteiger partial charge in [0.15, 0.2) is 5.78 Å². The van der Waals surface area contributed by atoms with Gasteiger partial charge in [0.2, 0.25) is 0 Å². The Bertz CT molecular complexity index is 835. The number of ether oxygens (including phenoxy) is 2. The number of morpholine rings is 1. The van der Waals surface area contributed by atoms with Crippen LogP contribution < -0.4 is 4.74 Å². The molecule has 5 nitrogen and oxygen atoms in total. The molecule has 2 heterocycles. The second-order valence-electron chi connectivity index (χ2n) is 6.79. The van der Waals surface area contributed by atoms with Gasteiger partial charge in [-0.1, -0.05) is 18.2 Å². The summed E-state index contributed by atoms with van der Waals surface area (Å²) in [5.41, 5.74) is 2.30. The van der Waals surface area contributed by atoms with E-state index < -0.39 is 0 Å². The topological polar surface area (TPSA) is 43.7 Å². The quantitative estimate of drug-likeness (QED) is 0.720. The average Bonchev–Trinajstić information content (AvgIpc) is 2.83. The number of carbonyl (C=O) groups excluding carboxylic acids is 1. The highest BCUT2D eigenvalue weighted by atomic mass is 16.5. The van der Waals surface area contributed by atoms with Crippen LogP contribution in [0.5, 0.6) is 5.75 Å². The average molecular weight is 380 g/mol. The van der Waals surface area contributed by atoms with Crippen LogP contribution in [0.2, 0.25) is 0 Å². The Morgan fingerprint density at radius 3 is 2.43 bits per heavy atom. The number of rotatable bonds is 6. The molecule has 3 rings (SSSR count). The van der Waals surface area contributed by atoms with Crippen molar-refractivity contribution in [2.45, 2.75) is 13.5 Å². The van der Waals surface area contributed by atoms with E-state index >= 15 is 0 Å². The lowest BCUT2D eigenvalue weighted by Gasteiger charge is -2.27. The standard InChI is InChI=1S/C23H28N2O3/c1-19-22(23(26)20-8-10-21(27-2)11-9-20)7-5-3-4-6-12-25(19)14-13-24-15-17-28-18-16-24/h3-12H,13-18H2,1-2H3. The van der Waals surface area contributed by atoms with Gasteiger partial charge in [-0.2, -0.15) is 0 Å². The van der Waals surface area contributed by atoms with Crippen molar-refractivity contribution in [1.82, 2.24) is 9.47 Å². The van der Waals surface area contributed by atoms with Crippen molar-refractivity contribution in [1.29, 1.82) is 0 Å². The van der Waals surface area contributed by atoms with E-state index in [4.69, 9.17) is 9.47 Å². The summed E-state index contributed by atoms with van der Waals surface area (Å²) < 4.78 is 12.8. The maximum Gasteiger partial charge on any atom is 0.194 e. The first kappa shape index (κ1) is 20.1. The molecule has 1 aromatic carbocycles. The number of hydrogen-bond acceptors (Lipinski definition) is 4. The van der Waals surface area contributed by atoms with Crippen molar-refractivity contribution in [2.75, 3.05) is 40.0 Å². The minimum Gasteiger partial charge on any atom is -0.497 e. The van der Waals surface area contributed by atoms with Crippen molar-refractivity contribution in [3.8, 4) is 5.75 Å². The molecule has 1 aliphatic rings. The highest BCUT2D eigenvalue weighted by molar-refractivity contribution is 6.09. The van der Waals surface area contributed by atoms with E-state index in [9.17, 15) is 4.79 Å². The second-order valence-corrected chi connectivity index (χ2v) is 6.79. The predicted octanol–water partition coefficient (Wildman–Crippen LogP) is 3.49. The van der Waals surface area contributed by atoms with Crippen LogP contribution in [0.3, 0.4) is 0 Å². The summed E-state index contributed by atoms with van der Waals surface area (Å²) in [6.45, 7) is 7.26. The van der Waals surface area contributed by atoms with Crippen molar-refractivity contribution < 1.29 is 14.3 Å². The Kier molecular flexibility index (Phi) is 7.23. The van der Waals surface area contributed by atoms with E-state index in [0.29, 0.717) is 11.1 Å². The number of carbonyl (C=O) groups is 1. The van der Waals surface area contributed by atoms with Crippen LogP contribution in [0.1, 0.15) is 21.6 Å². The van der Waals surface area contributed by atoms with E-state index in [2.05, 4.69) is 9.47 Å². The summed E-state index contributed by atoms with van der Waals surface area (Å²) in [6.07, 6.45) is 2.04. The molecule has 1 aromatic heterocycles. The molecule has 148 valence electrons. The van der Waals surface area contributed by atoms with Crippen LogP contribution in [0, 0.1) is 6.92 Å². The Morgan fingerprint density at radius 1 is 1.00 bits per heavy atom. The van der Waals surface area contributed by atoms with Gasteiger partial charge in [0.05, 0.1) is 20.3 Å². The second kappa shape index (κ2) is 10.1. The van der Waals surface area contributed by atoms with Gasteiger partial charge >= 0.3 is 0 Å². The van der Waals surface area contributed by atoms with Gasteiger partial charge in [0, 0.05) is 49.2 Å². The Labute approximate surface area is 166 Å². The largest absolute Gasteiger partial charge is 0.497 e. The zero-order valence-electron chi connectivity index (χ0n) is 16.6. The van der Waals surface area contributed by atoms with Gasteiger partial charge in [-0.05, 0) is 43.3 Å². The maximum absolute atomic E-state index is 13.2. The van der Waals surface area contributed by atoms with Crippen LogP contribution in [0.4, 0.5) is 0 Å². The predicted molar refractivity (Wildman–Crippen MR) is 110 cm³/mol. The lowest BCUT2D eigenvalue weighted by Crippen LogP contribution is -2.38. The number of aromatic nitrogens is 1. The fourth-order valence-electron chi connectivity index (χ4n) is 3.27. The van der Waals surface area contributed by atoms with E-state index in [1.807, 2.05) is 67.7 Å². The van der Waals surface area contributed by atoms with E-state index in [1.54, 1.807) is 7.11 Å². The fraction of sp³-hybridized carbons (Fsp3) is 0.348. The molecule has 0 N–H and O–H groups in total. The molecule has 2 aromatic rings. The third-order valence-electron chi connectivity index (χ3n) is 5.04. The summed E-state index contributed by atoms with van der Waals surface area (Å²) in [5, 5.41) is 0. The van der Waals surface area contributed by atoms with E-state index in [-0.39, 0.29) is 5.78 Å². The lowest BCUT2D eigenvalue weighted by atomic mass is 10.0. The number of hydrogen-bond donors (Lipinski definition) is 0. The summed E-state index contributed by atoms with van der Waals surface area (Å²) in [5.74, 6) is 0.752. The first-order chi connectivity index (χ1) is 13.7. The third-order valence-corrected chi connectivity index (χ3v) is 5.04. The van der Waals surface area contributed by atoms with Gasteiger partial charge in [-0.15, -0.1) is 0 Å². The maximum atomic E-state index is 13.2. The highest BCUT2D eigenvalue weighted by Crippen LogP contribution is 2.17. The highest BCUT2D eigenvalue weighted by Gasteiger charge is 2.14. The molecule has 1 aliphatic heterocycles. The minimum absolute atomic E-state index is 0.0106. The molecule has 0 radical (unpaired) electrons. The van der Waals surface area contributed by atoms with Crippen molar-refractivity contribution in [3.05, 3.63) is 77.6 Å². The molecule has 5 heteroatoms. The van der Waals surface area contributed by atoms with Crippen LogP contribution >= 0.6 is 0 Å². The zero-order chi connectivity index (χ0) is 19.8. The van der Waals surface area contributed by atoms with Crippen molar-refractivity contribution in [2.24, 2.45) is 0 Å². The third kappa shape index (κ3) is 5.21. The molecule has 0 bridgehead atoms. The zero-order valence-corrected chi connectivity index (χ0v) is 16.6. The van der Waals surface area contributed by atoms with Crippen LogP contribution in [0.15, 0.2) is 60.8 Å². The molecule has 0 spiro atoms. The van der Waals surface area contributed by atoms with Crippen LogP contribution in [-0.2, 0) is 11.3 Å². The van der Waals surface area contributed by atoms with Gasteiger partial charge in [-0.3, -0.25) is 9.69 Å². The summed E-state index contributed by atoms with van der Waals surface area (Å²) in [4.78, 5) is 15.6. The Morgan fingerprint density at radius 2 is 1.71 bits per heavy atom. The fourth-order valence-corrected chi connectivity index (χ4v) is 3.27. The summed E-state index contributed by atoms with van der Waals surface area (Å²) in [7, 11) is 1.62. The lowest BCUT2D eigenvalue weighted by molar-refractivity contribution is 0.0363. The number of benzene rings is 1. The number of ketones is 1. The number of methoxy groups -OCH3 is 1. The van der Waals surface area contributed by atoms with Gasteiger partial charge in [-0.25, -0.2) is 0 Å². The van der Waals surface area contributed by atoms with Gasteiger partial charge in [0.25, 0.3) is 0 Å². The monoisotopic (exact) mass is 380 g/mol. The SMILES string of the molecule is COc1ccc(C(=O)c2ccccccn(CCN3CCOCC3)c2C)cc1.